The van der Waals surface area contributed by atoms with Gasteiger partial charge >= 0.3 is 0 Å². The molecule has 4 aromatic rings. The maximum absolute atomic E-state index is 5.90. The quantitative estimate of drug-likeness (QED) is 0.102. The number of thioether (sulfide) groups is 2. The molecular formula is C35H45N7S2. The number of benzene rings is 2. The molecule has 7 nitrogen and oxygen atoms in total. The molecule has 44 heavy (non-hydrogen) atoms. The lowest BCUT2D eigenvalue weighted by molar-refractivity contribution is 0.218. The van der Waals surface area contributed by atoms with Crippen LogP contribution >= 0.6 is 23.5 Å². The Morgan fingerprint density at radius 1 is 0.659 bits per heavy atom. The molecule has 0 radical (unpaired) electrons. The molecule has 1 fully saturated rings. The lowest BCUT2D eigenvalue weighted by Gasteiger charge is -2.52. The zero-order chi connectivity index (χ0) is 31.1. The van der Waals surface area contributed by atoms with E-state index in [4.69, 9.17) is 31.4 Å². The summed E-state index contributed by atoms with van der Waals surface area (Å²) in [6, 6.07) is 26.4. The fourth-order valence-electron chi connectivity index (χ4n) is 6.19. The van der Waals surface area contributed by atoms with Crippen LogP contribution in [0.4, 0.5) is 5.95 Å². The molecule has 1 aliphatic carbocycles. The molecule has 2 aromatic carbocycles. The van der Waals surface area contributed by atoms with Gasteiger partial charge in [-0.25, -0.2) is 19.9 Å². The predicted molar refractivity (Wildman–Crippen MR) is 185 cm³/mol. The third kappa shape index (κ3) is 7.80. The van der Waals surface area contributed by atoms with Crippen LogP contribution in [0.25, 0.3) is 0 Å². The van der Waals surface area contributed by atoms with Gasteiger partial charge in [0.2, 0.25) is 5.95 Å². The maximum atomic E-state index is 5.90. The van der Waals surface area contributed by atoms with E-state index in [9.17, 15) is 0 Å². The number of anilines is 1. The van der Waals surface area contributed by atoms with Crippen molar-refractivity contribution in [3.05, 3.63) is 101 Å². The first kappa shape index (κ1) is 32.4. The van der Waals surface area contributed by atoms with Gasteiger partial charge in [-0.15, -0.1) is 23.5 Å². The fraction of sp³-hybridized carbons (Fsp3) is 0.429. The second-order valence-corrected chi connectivity index (χ2v) is 14.3. The Kier molecular flexibility index (Phi) is 11.3. The first-order chi connectivity index (χ1) is 21.4. The first-order valence-corrected chi connectivity index (χ1v) is 17.6. The first-order valence-electron chi connectivity index (χ1n) is 15.7. The van der Waals surface area contributed by atoms with Crippen molar-refractivity contribution >= 4 is 29.5 Å². The van der Waals surface area contributed by atoms with Gasteiger partial charge in [-0.05, 0) is 43.0 Å². The Balaban J connectivity index is 1.69. The Morgan fingerprint density at radius 2 is 1.16 bits per heavy atom. The molecule has 1 saturated carbocycles. The van der Waals surface area contributed by atoms with E-state index in [2.05, 4.69) is 106 Å². The zero-order valence-electron chi connectivity index (χ0n) is 26.2. The number of nitrogens with one attached hydrogen (secondary N) is 1. The van der Waals surface area contributed by atoms with Gasteiger partial charge in [-0.2, -0.15) is 0 Å². The van der Waals surface area contributed by atoms with E-state index >= 15 is 0 Å². The molecule has 1 aliphatic rings. The Hall–Kier alpha value is -2.98. The van der Waals surface area contributed by atoms with Gasteiger partial charge in [0.1, 0.15) is 15.9 Å². The van der Waals surface area contributed by atoms with Gasteiger partial charge in [0.25, 0.3) is 0 Å². The number of nitrogens with zero attached hydrogens (tertiary/aromatic N) is 4. The summed E-state index contributed by atoms with van der Waals surface area (Å²) in [4.78, 5) is 20.3. The molecule has 0 aliphatic heterocycles. The van der Waals surface area contributed by atoms with Crippen LogP contribution < -0.4 is 16.8 Å². The fourth-order valence-corrected chi connectivity index (χ4v) is 7.58. The molecule has 0 amide bonds. The van der Waals surface area contributed by atoms with Crippen molar-refractivity contribution in [3.63, 3.8) is 0 Å². The number of hydrogen-bond donors (Lipinski definition) is 3. The van der Waals surface area contributed by atoms with Crippen LogP contribution in [-0.4, -0.2) is 50.6 Å². The highest BCUT2D eigenvalue weighted by molar-refractivity contribution is 7.99. The van der Waals surface area contributed by atoms with E-state index in [-0.39, 0.29) is 29.7 Å². The van der Waals surface area contributed by atoms with Crippen molar-refractivity contribution < 1.29 is 0 Å². The van der Waals surface area contributed by atoms with Crippen molar-refractivity contribution in [3.8, 4) is 0 Å². The van der Waals surface area contributed by atoms with Gasteiger partial charge in [0.05, 0.1) is 5.69 Å². The van der Waals surface area contributed by atoms with Crippen LogP contribution in [0.5, 0.6) is 0 Å². The minimum absolute atomic E-state index is 0.126. The summed E-state index contributed by atoms with van der Waals surface area (Å²) >= 11 is 3.40. The highest BCUT2D eigenvalue weighted by Crippen LogP contribution is 2.66. The number of aromatic nitrogens is 4. The smallest absolute Gasteiger partial charge is 0.224 e. The van der Waals surface area contributed by atoms with Crippen LogP contribution in [0.3, 0.4) is 0 Å². The van der Waals surface area contributed by atoms with Gasteiger partial charge in [-0.1, -0.05) is 74.5 Å². The predicted octanol–water partition coefficient (Wildman–Crippen LogP) is 6.84. The molecule has 5 N–H and O–H groups in total. The largest absolute Gasteiger partial charge is 0.352 e. The number of hydrogen-bond acceptors (Lipinski definition) is 9. The summed E-state index contributed by atoms with van der Waals surface area (Å²) < 4.78 is 0. The van der Waals surface area contributed by atoms with Crippen molar-refractivity contribution in [2.75, 3.05) is 29.9 Å². The van der Waals surface area contributed by atoms with Crippen molar-refractivity contribution in [1.82, 2.24) is 19.9 Å². The van der Waals surface area contributed by atoms with E-state index in [1.807, 2.05) is 0 Å². The van der Waals surface area contributed by atoms with Gasteiger partial charge < -0.3 is 16.8 Å². The lowest BCUT2D eigenvalue weighted by atomic mass is 9.50. The van der Waals surface area contributed by atoms with Crippen LogP contribution in [0.1, 0.15) is 79.7 Å². The van der Waals surface area contributed by atoms with Crippen LogP contribution in [0.2, 0.25) is 0 Å². The number of rotatable bonds is 14. The summed E-state index contributed by atoms with van der Waals surface area (Å²) in [5.74, 6) is 4.27. The van der Waals surface area contributed by atoms with Crippen LogP contribution in [0, 0.1) is 5.92 Å². The Morgan fingerprint density at radius 3 is 1.64 bits per heavy atom. The molecule has 0 unspecified atom stereocenters. The Labute approximate surface area is 270 Å². The molecule has 0 spiro atoms. The zero-order valence-corrected chi connectivity index (χ0v) is 27.8. The molecule has 5 rings (SSSR count). The third-order valence-corrected chi connectivity index (χ3v) is 9.72. The molecule has 2 aromatic heterocycles. The van der Waals surface area contributed by atoms with E-state index < -0.39 is 0 Å². The minimum atomic E-state index is 0.126. The van der Waals surface area contributed by atoms with Gasteiger partial charge in [0.15, 0.2) is 0 Å². The maximum Gasteiger partial charge on any atom is 0.224 e. The number of nitrogens with two attached hydrogens (primary N) is 2. The monoisotopic (exact) mass is 627 g/mol. The highest BCUT2D eigenvalue weighted by atomic mass is 32.2. The van der Waals surface area contributed by atoms with Crippen LogP contribution in [0.15, 0.2) is 82.8 Å². The average molecular weight is 628 g/mol. The molecule has 2 heterocycles. The molecular weight excluding hydrogens is 583 g/mol. The lowest BCUT2D eigenvalue weighted by Crippen LogP contribution is -2.41. The molecule has 2 atom stereocenters. The molecule has 232 valence electrons. The summed E-state index contributed by atoms with van der Waals surface area (Å²) in [6.45, 7) is 9.88. The van der Waals surface area contributed by atoms with Gasteiger partial charge in [0, 0.05) is 66.4 Å². The normalized spacial score (nSPS) is 19.7. The van der Waals surface area contributed by atoms with Crippen molar-refractivity contribution in [1.29, 1.82) is 0 Å². The van der Waals surface area contributed by atoms with Crippen molar-refractivity contribution in [2.24, 2.45) is 17.4 Å². The topological polar surface area (TPSA) is 116 Å². The SMILES string of the molecule is CC(C)Cc1nc(SCCN)cc(C2[C@@H](c3ccccc3)C(c3cc(SCCN)nc(NC(C)C)n3)[C@@H]2c2ccccc2)n1. The standard InChI is InChI=1S/C35H45N7S2/c1-22(2)19-28-39-26(20-29(41-28)43-17-15-36)33-31(24-11-7-5-8-12-24)34(32(33)25-13-9-6-10-14-25)27-21-30(44-18-16-37)42-35(40-27)38-23(3)4/h5-14,20-23,31-34H,15-19,36-37H2,1-4H3,(H,38,40,42)/t31-,32-,33?,34?/m1/s1. The van der Waals surface area contributed by atoms with E-state index in [0.29, 0.717) is 25.0 Å². The highest BCUT2D eigenvalue weighted by Gasteiger charge is 2.54. The Bertz CT molecular complexity index is 1360. The summed E-state index contributed by atoms with van der Waals surface area (Å²) in [7, 11) is 0. The average Bonchev–Trinajstić information content (AvgIpc) is 2.99. The summed E-state index contributed by atoms with van der Waals surface area (Å²) in [5, 5.41) is 5.42. The van der Waals surface area contributed by atoms with E-state index in [0.717, 1.165) is 45.2 Å². The van der Waals surface area contributed by atoms with Crippen LogP contribution in [-0.2, 0) is 6.42 Å². The second kappa shape index (κ2) is 15.3. The van der Waals surface area contributed by atoms with E-state index in [1.54, 1.807) is 23.5 Å². The van der Waals surface area contributed by atoms with Crippen molar-refractivity contribution in [2.45, 2.75) is 73.9 Å². The summed E-state index contributed by atoms with van der Waals surface area (Å²) in [5.41, 5.74) is 16.5. The van der Waals surface area contributed by atoms with Gasteiger partial charge in [-0.3, -0.25) is 0 Å². The molecule has 0 bridgehead atoms. The summed E-state index contributed by atoms with van der Waals surface area (Å²) in [6.07, 6.45) is 0.837. The molecule has 0 saturated heterocycles. The second-order valence-electron chi connectivity index (χ2n) is 12.1. The van der Waals surface area contributed by atoms with E-state index in [1.165, 1.54) is 11.1 Å². The third-order valence-electron chi connectivity index (χ3n) is 7.83. The minimum Gasteiger partial charge on any atom is -0.352 e. The molecule has 9 heteroatoms.